The second kappa shape index (κ2) is 5.44. The summed E-state index contributed by atoms with van der Waals surface area (Å²) in [5.74, 6) is -0.172. The molecule has 20 heavy (non-hydrogen) atoms. The lowest BCUT2D eigenvalue weighted by molar-refractivity contribution is 0.0735. The molecular weight excluding hydrogens is 276 g/mol. The zero-order valence-corrected chi connectivity index (χ0v) is 12.6. The molecule has 0 heterocycles. The quantitative estimate of drug-likeness (QED) is 0.861. The lowest BCUT2D eigenvalue weighted by Gasteiger charge is -2.24. The molecule has 0 bridgehead atoms. The third-order valence-electron chi connectivity index (χ3n) is 3.80. The number of amides is 1. The van der Waals surface area contributed by atoms with Crippen molar-refractivity contribution < 1.29 is 13.2 Å². The normalized spacial score (nSPS) is 16.3. The van der Waals surface area contributed by atoms with Gasteiger partial charge in [-0.2, -0.15) is 0 Å². The van der Waals surface area contributed by atoms with Crippen molar-refractivity contribution in [3.63, 3.8) is 0 Å². The highest BCUT2D eigenvalue weighted by molar-refractivity contribution is 7.90. The number of hydrogen-bond donors (Lipinski definition) is 1. The van der Waals surface area contributed by atoms with Gasteiger partial charge in [0.2, 0.25) is 0 Å². The molecule has 6 heteroatoms. The SMILES string of the molecule is CN(C(=O)c1cc(N)cc(S(C)(=O)=O)c1)C1CCCC1. The molecule has 1 aliphatic carbocycles. The maximum Gasteiger partial charge on any atom is 0.253 e. The first kappa shape index (κ1) is 14.8. The summed E-state index contributed by atoms with van der Waals surface area (Å²) < 4.78 is 23.2. The number of carbonyl (C=O) groups is 1. The molecule has 0 aromatic heterocycles. The van der Waals surface area contributed by atoms with E-state index < -0.39 is 9.84 Å². The summed E-state index contributed by atoms with van der Waals surface area (Å²) in [5, 5.41) is 0. The highest BCUT2D eigenvalue weighted by Crippen LogP contribution is 2.25. The predicted molar refractivity (Wildman–Crippen MR) is 78.3 cm³/mol. The van der Waals surface area contributed by atoms with Crippen LogP contribution in [-0.4, -0.2) is 38.6 Å². The Bertz CT molecular complexity index is 619. The molecule has 2 rings (SSSR count). The van der Waals surface area contributed by atoms with E-state index in [2.05, 4.69) is 0 Å². The van der Waals surface area contributed by atoms with Gasteiger partial charge in [-0.25, -0.2) is 8.42 Å². The monoisotopic (exact) mass is 296 g/mol. The van der Waals surface area contributed by atoms with Gasteiger partial charge in [-0.3, -0.25) is 4.79 Å². The number of hydrogen-bond acceptors (Lipinski definition) is 4. The molecule has 1 aromatic carbocycles. The van der Waals surface area contributed by atoms with Crippen molar-refractivity contribution in [2.45, 2.75) is 36.6 Å². The average molecular weight is 296 g/mol. The number of nitrogens with two attached hydrogens (primary N) is 1. The van der Waals surface area contributed by atoms with E-state index in [1.54, 1.807) is 11.9 Å². The van der Waals surface area contributed by atoms with Crippen LogP contribution in [0.3, 0.4) is 0 Å². The first-order chi connectivity index (χ1) is 9.29. The standard InChI is InChI=1S/C14H20N2O3S/c1-16(12-5-3-4-6-12)14(17)10-7-11(15)9-13(8-10)20(2,18)19/h7-9,12H,3-6,15H2,1-2H3. The molecule has 1 aliphatic rings. The molecule has 0 atom stereocenters. The van der Waals surface area contributed by atoms with E-state index in [9.17, 15) is 13.2 Å². The highest BCUT2D eigenvalue weighted by atomic mass is 32.2. The van der Waals surface area contributed by atoms with Crippen molar-refractivity contribution >= 4 is 21.4 Å². The summed E-state index contributed by atoms with van der Waals surface area (Å²) in [6.07, 6.45) is 5.38. The number of carbonyl (C=O) groups excluding carboxylic acids is 1. The Labute approximate surface area is 119 Å². The molecule has 1 saturated carbocycles. The smallest absolute Gasteiger partial charge is 0.253 e. The fraction of sp³-hybridized carbons (Fsp3) is 0.500. The number of benzene rings is 1. The largest absolute Gasteiger partial charge is 0.399 e. The van der Waals surface area contributed by atoms with Crippen molar-refractivity contribution in [1.82, 2.24) is 4.90 Å². The third-order valence-corrected chi connectivity index (χ3v) is 4.89. The van der Waals surface area contributed by atoms with Crippen LogP contribution in [0.25, 0.3) is 0 Å². The highest BCUT2D eigenvalue weighted by Gasteiger charge is 2.25. The Balaban J connectivity index is 2.32. The molecule has 2 N–H and O–H groups in total. The number of nitrogen functional groups attached to an aromatic ring is 1. The van der Waals surface area contributed by atoms with Gasteiger partial charge in [0.1, 0.15) is 0 Å². The summed E-state index contributed by atoms with van der Waals surface area (Å²) in [4.78, 5) is 14.2. The summed E-state index contributed by atoms with van der Waals surface area (Å²) in [6, 6.07) is 4.55. The lowest BCUT2D eigenvalue weighted by Crippen LogP contribution is -2.35. The molecule has 0 radical (unpaired) electrons. The number of nitrogens with zero attached hydrogens (tertiary/aromatic N) is 1. The lowest BCUT2D eigenvalue weighted by atomic mass is 10.1. The molecule has 1 aromatic rings. The van der Waals surface area contributed by atoms with Crippen molar-refractivity contribution in [3.05, 3.63) is 23.8 Å². The van der Waals surface area contributed by atoms with Crippen LogP contribution >= 0.6 is 0 Å². The van der Waals surface area contributed by atoms with E-state index in [-0.39, 0.29) is 22.5 Å². The van der Waals surface area contributed by atoms with Crippen molar-refractivity contribution in [1.29, 1.82) is 0 Å². The van der Waals surface area contributed by atoms with Gasteiger partial charge in [-0.15, -0.1) is 0 Å². The Kier molecular flexibility index (Phi) is 4.04. The van der Waals surface area contributed by atoms with Crippen LogP contribution in [0.5, 0.6) is 0 Å². The first-order valence-corrected chi connectivity index (χ1v) is 8.56. The van der Waals surface area contributed by atoms with E-state index in [0.29, 0.717) is 5.56 Å². The van der Waals surface area contributed by atoms with Gasteiger partial charge >= 0.3 is 0 Å². The van der Waals surface area contributed by atoms with Gasteiger partial charge in [-0.05, 0) is 31.0 Å². The third kappa shape index (κ3) is 3.12. The molecule has 0 unspecified atom stereocenters. The fourth-order valence-corrected chi connectivity index (χ4v) is 3.31. The van der Waals surface area contributed by atoms with Gasteiger partial charge in [0.05, 0.1) is 4.90 Å². The Morgan fingerprint density at radius 3 is 2.40 bits per heavy atom. The maximum absolute atomic E-state index is 12.4. The Morgan fingerprint density at radius 1 is 1.25 bits per heavy atom. The van der Waals surface area contributed by atoms with Crippen LogP contribution in [0.1, 0.15) is 36.0 Å². The molecule has 0 saturated heterocycles. The minimum atomic E-state index is -3.38. The van der Waals surface area contributed by atoms with Crippen LogP contribution < -0.4 is 5.73 Å². The van der Waals surface area contributed by atoms with Crippen molar-refractivity contribution in [2.24, 2.45) is 0 Å². The average Bonchev–Trinajstić information content (AvgIpc) is 2.89. The van der Waals surface area contributed by atoms with E-state index in [1.165, 1.54) is 18.2 Å². The topological polar surface area (TPSA) is 80.5 Å². The van der Waals surface area contributed by atoms with E-state index >= 15 is 0 Å². The molecule has 0 aliphatic heterocycles. The van der Waals surface area contributed by atoms with Crippen LogP contribution in [0.15, 0.2) is 23.1 Å². The summed E-state index contributed by atoms with van der Waals surface area (Å²) in [6.45, 7) is 0. The van der Waals surface area contributed by atoms with Crippen LogP contribution in [0.4, 0.5) is 5.69 Å². The Morgan fingerprint density at radius 2 is 1.85 bits per heavy atom. The molecular formula is C14H20N2O3S. The Hall–Kier alpha value is -1.56. The van der Waals surface area contributed by atoms with Gasteiger partial charge in [0.25, 0.3) is 5.91 Å². The van der Waals surface area contributed by atoms with Crippen LogP contribution in [-0.2, 0) is 9.84 Å². The minimum absolute atomic E-state index is 0.0840. The number of sulfone groups is 1. The second-order valence-corrected chi connectivity index (χ2v) is 7.43. The zero-order chi connectivity index (χ0) is 14.9. The van der Waals surface area contributed by atoms with Gasteiger partial charge in [0, 0.05) is 30.6 Å². The fourth-order valence-electron chi connectivity index (χ4n) is 2.62. The van der Waals surface area contributed by atoms with Gasteiger partial charge < -0.3 is 10.6 Å². The van der Waals surface area contributed by atoms with Crippen LogP contribution in [0, 0.1) is 0 Å². The van der Waals surface area contributed by atoms with E-state index in [1.807, 2.05) is 0 Å². The first-order valence-electron chi connectivity index (χ1n) is 6.67. The number of anilines is 1. The second-order valence-electron chi connectivity index (χ2n) is 5.42. The van der Waals surface area contributed by atoms with E-state index in [4.69, 9.17) is 5.73 Å². The minimum Gasteiger partial charge on any atom is -0.399 e. The van der Waals surface area contributed by atoms with Crippen molar-refractivity contribution in [3.8, 4) is 0 Å². The zero-order valence-electron chi connectivity index (χ0n) is 11.8. The molecule has 5 nitrogen and oxygen atoms in total. The predicted octanol–water partition coefficient (Wildman–Crippen LogP) is 1.69. The van der Waals surface area contributed by atoms with E-state index in [0.717, 1.165) is 31.9 Å². The number of rotatable bonds is 3. The summed E-state index contributed by atoms with van der Waals surface area (Å²) in [7, 11) is -1.61. The molecule has 1 amide bonds. The van der Waals surface area contributed by atoms with Gasteiger partial charge in [0.15, 0.2) is 9.84 Å². The summed E-state index contributed by atoms with van der Waals surface area (Å²) >= 11 is 0. The van der Waals surface area contributed by atoms with Crippen LogP contribution in [0.2, 0.25) is 0 Å². The van der Waals surface area contributed by atoms with Crippen molar-refractivity contribution in [2.75, 3.05) is 19.0 Å². The molecule has 0 spiro atoms. The molecule has 1 fully saturated rings. The van der Waals surface area contributed by atoms with Gasteiger partial charge in [-0.1, -0.05) is 12.8 Å². The summed E-state index contributed by atoms with van der Waals surface area (Å²) in [5.41, 5.74) is 6.33. The maximum atomic E-state index is 12.4. The molecule has 110 valence electrons.